The second-order valence-corrected chi connectivity index (χ2v) is 4.38. The molecule has 1 aromatic rings. The molecule has 16 heavy (non-hydrogen) atoms. The summed E-state index contributed by atoms with van der Waals surface area (Å²) in [5.74, 6) is 0.727. The first-order chi connectivity index (χ1) is 7.74. The zero-order valence-corrected chi connectivity index (χ0v) is 9.57. The van der Waals surface area contributed by atoms with Crippen LogP contribution in [0.5, 0.6) is 0 Å². The van der Waals surface area contributed by atoms with Gasteiger partial charge in [0.15, 0.2) is 0 Å². The molecule has 0 aliphatic heterocycles. The van der Waals surface area contributed by atoms with E-state index in [1.165, 1.54) is 11.1 Å². The van der Waals surface area contributed by atoms with Gasteiger partial charge < -0.3 is 11.1 Å². The third-order valence-corrected chi connectivity index (χ3v) is 3.16. The van der Waals surface area contributed by atoms with E-state index in [-0.39, 0.29) is 11.8 Å². The molecule has 1 aliphatic carbocycles. The predicted octanol–water partition coefficient (Wildman–Crippen LogP) is 1.17. The van der Waals surface area contributed by atoms with Gasteiger partial charge in [0.05, 0.1) is 0 Å². The van der Waals surface area contributed by atoms with Crippen LogP contribution >= 0.6 is 0 Å². The Balaban J connectivity index is 1.96. The number of carbonyl (C=O) groups excluding carboxylic acids is 1. The van der Waals surface area contributed by atoms with Crippen LogP contribution in [-0.4, -0.2) is 19.0 Å². The second-order valence-electron chi connectivity index (χ2n) is 4.38. The highest BCUT2D eigenvalue weighted by Crippen LogP contribution is 2.48. The van der Waals surface area contributed by atoms with Gasteiger partial charge in [0.2, 0.25) is 5.91 Å². The van der Waals surface area contributed by atoms with Crippen LogP contribution in [0.1, 0.15) is 23.5 Å². The molecule has 1 aliphatic rings. The Labute approximate surface area is 96.0 Å². The molecule has 1 aromatic carbocycles. The SMILES string of the molecule is Cc1ccccc1C1CC1C(=O)NCCN. The Morgan fingerprint density at radius 1 is 1.50 bits per heavy atom. The number of rotatable bonds is 4. The number of hydrogen-bond acceptors (Lipinski definition) is 2. The van der Waals surface area contributed by atoms with Crippen LogP contribution in [0.3, 0.4) is 0 Å². The second kappa shape index (κ2) is 4.66. The molecule has 3 heteroatoms. The molecule has 86 valence electrons. The first kappa shape index (κ1) is 11.1. The lowest BCUT2D eigenvalue weighted by atomic mass is 10.0. The maximum Gasteiger partial charge on any atom is 0.223 e. The number of benzene rings is 1. The summed E-state index contributed by atoms with van der Waals surface area (Å²) in [5.41, 5.74) is 7.95. The fourth-order valence-corrected chi connectivity index (χ4v) is 2.16. The molecule has 2 atom stereocenters. The van der Waals surface area contributed by atoms with Gasteiger partial charge in [0, 0.05) is 19.0 Å². The fraction of sp³-hybridized carbons (Fsp3) is 0.462. The summed E-state index contributed by atoms with van der Waals surface area (Å²) < 4.78 is 0. The van der Waals surface area contributed by atoms with Gasteiger partial charge >= 0.3 is 0 Å². The standard InChI is InChI=1S/C13H18N2O/c1-9-4-2-3-5-10(9)11-8-12(11)13(16)15-7-6-14/h2-5,11-12H,6-8,14H2,1H3,(H,15,16). The molecule has 2 unspecified atom stereocenters. The minimum absolute atomic E-state index is 0.152. The minimum Gasteiger partial charge on any atom is -0.355 e. The highest BCUT2D eigenvalue weighted by Gasteiger charge is 2.44. The zero-order chi connectivity index (χ0) is 11.5. The molecular weight excluding hydrogens is 200 g/mol. The number of nitrogens with two attached hydrogens (primary N) is 1. The summed E-state index contributed by atoms with van der Waals surface area (Å²) in [6.45, 7) is 3.19. The summed E-state index contributed by atoms with van der Waals surface area (Å²) in [6.07, 6.45) is 0.973. The van der Waals surface area contributed by atoms with E-state index >= 15 is 0 Å². The molecule has 0 bridgehead atoms. The van der Waals surface area contributed by atoms with Gasteiger partial charge in [-0.1, -0.05) is 24.3 Å². The highest BCUT2D eigenvalue weighted by atomic mass is 16.2. The van der Waals surface area contributed by atoms with Gasteiger partial charge in [-0.25, -0.2) is 0 Å². The lowest BCUT2D eigenvalue weighted by Crippen LogP contribution is -2.30. The fourth-order valence-electron chi connectivity index (χ4n) is 2.16. The Kier molecular flexibility index (Phi) is 3.25. The Morgan fingerprint density at radius 3 is 2.94 bits per heavy atom. The van der Waals surface area contributed by atoms with Crippen LogP contribution in [0.25, 0.3) is 0 Å². The molecule has 2 rings (SSSR count). The molecule has 1 amide bonds. The third kappa shape index (κ3) is 2.25. The van der Waals surface area contributed by atoms with Crippen LogP contribution in [0.4, 0.5) is 0 Å². The molecule has 1 fully saturated rings. The van der Waals surface area contributed by atoms with Gasteiger partial charge in [-0.05, 0) is 30.4 Å². The quantitative estimate of drug-likeness (QED) is 0.797. The van der Waals surface area contributed by atoms with Crippen molar-refractivity contribution in [1.82, 2.24) is 5.32 Å². The average Bonchev–Trinajstić information content (AvgIpc) is 3.06. The van der Waals surface area contributed by atoms with Crippen molar-refractivity contribution < 1.29 is 4.79 Å². The topological polar surface area (TPSA) is 55.1 Å². The van der Waals surface area contributed by atoms with Crippen LogP contribution in [0.15, 0.2) is 24.3 Å². The highest BCUT2D eigenvalue weighted by molar-refractivity contribution is 5.83. The van der Waals surface area contributed by atoms with Crippen molar-refractivity contribution in [3.8, 4) is 0 Å². The van der Waals surface area contributed by atoms with E-state index in [1.54, 1.807) is 0 Å². The number of nitrogens with one attached hydrogen (secondary N) is 1. The molecule has 0 radical (unpaired) electrons. The molecule has 1 saturated carbocycles. The molecule has 0 heterocycles. The van der Waals surface area contributed by atoms with Crippen molar-refractivity contribution in [2.75, 3.05) is 13.1 Å². The summed E-state index contributed by atoms with van der Waals surface area (Å²) >= 11 is 0. The number of carbonyl (C=O) groups is 1. The monoisotopic (exact) mass is 218 g/mol. The molecule has 3 nitrogen and oxygen atoms in total. The van der Waals surface area contributed by atoms with E-state index in [9.17, 15) is 4.79 Å². The summed E-state index contributed by atoms with van der Waals surface area (Å²) in [5, 5.41) is 2.85. The van der Waals surface area contributed by atoms with E-state index in [4.69, 9.17) is 5.73 Å². The van der Waals surface area contributed by atoms with Crippen molar-refractivity contribution in [3.05, 3.63) is 35.4 Å². The Morgan fingerprint density at radius 2 is 2.25 bits per heavy atom. The number of aryl methyl sites for hydroxylation is 1. The van der Waals surface area contributed by atoms with Crippen LogP contribution < -0.4 is 11.1 Å². The van der Waals surface area contributed by atoms with Crippen LogP contribution in [0.2, 0.25) is 0 Å². The van der Waals surface area contributed by atoms with Crippen LogP contribution in [0, 0.1) is 12.8 Å². The molecule has 3 N–H and O–H groups in total. The van der Waals surface area contributed by atoms with Crippen molar-refractivity contribution in [3.63, 3.8) is 0 Å². The van der Waals surface area contributed by atoms with Crippen molar-refractivity contribution in [2.24, 2.45) is 11.7 Å². The van der Waals surface area contributed by atoms with E-state index in [2.05, 4.69) is 24.4 Å². The van der Waals surface area contributed by atoms with Crippen LogP contribution in [-0.2, 0) is 4.79 Å². The van der Waals surface area contributed by atoms with Crippen molar-refractivity contribution in [2.45, 2.75) is 19.3 Å². The largest absolute Gasteiger partial charge is 0.355 e. The smallest absolute Gasteiger partial charge is 0.223 e. The molecule has 0 aromatic heterocycles. The van der Waals surface area contributed by atoms with E-state index < -0.39 is 0 Å². The summed E-state index contributed by atoms with van der Waals surface area (Å²) in [4.78, 5) is 11.7. The normalized spacial score (nSPS) is 22.9. The van der Waals surface area contributed by atoms with E-state index in [0.717, 1.165) is 6.42 Å². The van der Waals surface area contributed by atoms with E-state index in [0.29, 0.717) is 19.0 Å². The van der Waals surface area contributed by atoms with Gasteiger partial charge in [-0.2, -0.15) is 0 Å². The predicted molar refractivity (Wildman–Crippen MR) is 64.1 cm³/mol. The first-order valence-electron chi connectivity index (χ1n) is 5.77. The van der Waals surface area contributed by atoms with E-state index in [1.807, 2.05) is 12.1 Å². The van der Waals surface area contributed by atoms with Gasteiger partial charge in [0.1, 0.15) is 0 Å². The molecule has 0 spiro atoms. The molecule has 0 saturated heterocycles. The Hall–Kier alpha value is -1.35. The van der Waals surface area contributed by atoms with Gasteiger partial charge in [-0.15, -0.1) is 0 Å². The third-order valence-electron chi connectivity index (χ3n) is 3.16. The molecular formula is C13H18N2O. The van der Waals surface area contributed by atoms with Gasteiger partial charge in [0.25, 0.3) is 0 Å². The summed E-state index contributed by atoms with van der Waals surface area (Å²) in [6, 6.07) is 8.29. The van der Waals surface area contributed by atoms with Crippen molar-refractivity contribution >= 4 is 5.91 Å². The number of amides is 1. The minimum atomic E-state index is 0.152. The lowest BCUT2D eigenvalue weighted by molar-refractivity contribution is -0.122. The first-order valence-corrected chi connectivity index (χ1v) is 5.77. The number of hydrogen-bond donors (Lipinski definition) is 2. The lowest BCUT2D eigenvalue weighted by Gasteiger charge is -2.05. The van der Waals surface area contributed by atoms with Gasteiger partial charge in [-0.3, -0.25) is 4.79 Å². The summed E-state index contributed by atoms with van der Waals surface area (Å²) in [7, 11) is 0. The maximum absolute atomic E-state index is 11.7. The average molecular weight is 218 g/mol. The Bertz CT molecular complexity index is 389. The van der Waals surface area contributed by atoms with Crippen molar-refractivity contribution in [1.29, 1.82) is 0 Å². The zero-order valence-electron chi connectivity index (χ0n) is 9.57. The maximum atomic E-state index is 11.7.